The van der Waals surface area contributed by atoms with Crippen LogP contribution in [0.25, 0.3) is 6.08 Å². The van der Waals surface area contributed by atoms with E-state index in [1.54, 1.807) is 41.3 Å². The van der Waals surface area contributed by atoms with Crippen LogP contribution in [0.2, 0.25) is 5.02 Å². The zero-order valence-electron chi connectivity index (χ0n) is 16.9. The molecule has 1 aromatic heterocycles. The number of amides is 1. The maximum atomic E-state index is 13.0. The summed E-state index contributed by atoms with van der Waals surface area (Å²) >= 11 is 6.03. The van der Waals surface area contributed by atoms with Gasteiger partial charge in [-0.3, -0.25) is 14.5 Å². The predicted molar refractivity (Wildman–Crippen MR) is 116 cm³/mol. The second kappa shape index (κ2) is 9.51. The average Bonchev–Trinajstić information content (AvgIpc) is 3.39. The van der Waals surface area contributed by atoms with Crippen LogP contribution in [-0.4, -0.2) is 66.0 Å². The van der Waals surface area contributed by atoms with Gasteiger partial charge in [0.2, 0.25) is 0 Å². The van der Waals surface area contributed by atoms with E-state index in [-0.39, 0.29) is 5.57 Å². The van der Waals surface area contributed by atoms with Crippen molar-refractivity contribution in [1.82, 2.24) is 9.80 Å². The molecule has 0 saturated carbocycles. The Morgan fingerprint density at radius 3 is 2.58 bits per heavy atom. The van der Waals surface area contributed by atoms with Gasteiger partial charge in [-0.1, -0.05) is 23.7 Å². The minimum Gasteiger partial charge on any atom is -0.503 e. The van der Waals surface area contributed by atoms with Crippen molar-refractivity contribution in [2.75, 3.05) is 39.4 Å². The molecule has 0 radical (unpaired) electrons. The molecule has 4 rings (SSSR count). The fourth-order valence-electron chi connectivity index (χ4n) is 3.84. The third-order valence-electron chi connectivity index (χ3n) is 5.46. The summed E-state index contributed by atoms with van der Waals surface area (Å²) in [4.78, 5) is 29.7. The second-order valence-electron chi connectivity index (χ2n) is 7.38. The highest BCUT2D eigenvalue weighted by Crippen LogP contribution is 2.38. The molecule has 1 unspecified atom stereocenters. The fraction of sp³-hybridized carbons (Fsp3) is 0.304. The third kappa shape index (κ3) is 4.74. The van der Waals surface area contributed by atoms with Crippen molar-refractivity contribution in [1.29, 1.82) is 0 Å². The van der Waals surface area contributed by atoms with Crippen molar-refractivity contribution in [3.63, 3.8) is 0 Å². The first-order chi connectivity index (χ1) is 15.0. The molecule has 3 heterocycles. The topological polar surface area (TPSA) is 83.2 Å². The van der Waals surface area contributed by atoms with E-state index in [4.69, 9.17) is 20.8 Å². The summed E-state index contributed by atoms with van der Waals surface area (Å²) in [5, 5.41) is 11.2. The number of aliphatic hydroxyl groups is 1. The zero-order valence-corrected chi connectivity index (χ0v) is 17.6. The number of hydrogen-bond donors (Lipinski definition) is 1. The molecule has 2 aromatic rings. The fourth-order valence-corrected chi connectivity index (χ4v) is 3.96. The van der Waals surface area contributed by atoms with Crippen molar-refractivity contribution in [3.8, 4) is 0 Å². The minimum atomic E-state index is -0.695. The maximum Gasteiger partial charge on any atom is 0.290 e. The van der Waals surface area contributed by atoms with Crippen molar-refractivity contribution >= 4 is 29.4 Å². The second-order valence-corrected chi connectivity index (χ2v) is 7.82. The monoisotopic (exact) mass is 442 g/mol. The van der Waals surface area contributed by atoms with Crippen LogP contribution < -0.4 is 0 Å². The molecule has 1 amide bonds. The van der Waals surface area contributed by atoms with Gasteiger partial charge in [0.1, 0.15) is 5.76 Å². The highest BCUT2D eigenvalue weighted by molar-refractivity contribution is 6.30. The van der Waals surface area contributed by atoms with Crippen LogP contribution in [0.5, 0.6) is 0 Å². The van der Waals surface area contributed by atoms with Gasteiger partial charge in [0.25, 0.3) is 5.91 Å². The summed E-state index contributed by atoms with van der Waals surface area (Å²) in [7, 11) is 0. The van der Waals surface area contributed by atoms with Gasteiger partial charge in [-0.05, 0) is 42.0 Å². The van der Waals surface area contributed by atoms with Gasteiger partial charge in [0.15, 0.2) is 11.5 Å². The van der Waals surface area contributed by atoms with Gasteiger partial charge < -0.3 is 19.2 Å². The number of morpholine rings is 1. The molecule has 0 bridgehead atoms. The van der Waals surface area contributed by atoms with Crippen molar-refractivity contribution in [3.05, 3.63) is 76.4 Å². The Morgan fingerprint density at radius 1 is 1.16 bits per heavy atom. The van der Waals surface area contributed by atoms with E-state index >= 15 is 0 Å². The maximum absolute atomic E-state index is 13.0. The van der Waals surface area contributed by atoms with Gasteiger partial charge in [0.05, 0.1) is 31.1 Å². The number of ether oxygens (including phenoxy) is 1. The number of aliphatic hydroxyl groups excluding tert-OH is 1. The molecule has 31 heavy (non-hydrogen) atoms. The van der Waals surface area contributed by atoms with Gasteiger partial charge in [-0.15, -0.1) is 0 Å². The van der Waals surface area contributed by atoms with Crippen LogP contribution in [0.4, 0.5) is 0 Å². The molecule has 2 aliphatic heterocycles. The molecule has 1 N–H and O–H groups in total. The van der Waals surface area contributed by atoms with Crippen molar-refractivity contribution in [2.45, 2.75) is 6.04 Å². The number of furan rings is 1. The van der Waals surface area contributed by atoms with E-state index in [2.05, 4.69) is 4.90 Å². The molecule has 7 nitrogen and oxygen atoms in total. The average molecular weight is 443 g/mol. The molecule has 1 fully saturated rings. The first-order valence-corrected chi connectivity index (χ1v) is 10.5. The third-order valence-corrected chi connectivity index (χ3v) is 5.71. The molecule has 1 saturated heterocycles. The number of carbonyl (C=O) groups excluding carboxylic acids is 2. The first kappa shape index (κ1) is 21.4. The van der Waals surface area contributed by atoms with Gasteiger partial charge in [0, 0.05) is 31.2 Å². The van der Waals surface area contributed by atoms with Crippen LogP contribution in [0.1, 0.15) is 17.4 Å². The number of nitrogens with zero attached hydrogens (tertiary/aromatic N) is 2. The van der Waals surface area contributed by atoms with Crippen molar-refractivity contribution < 1.29 is 23.8 Å². The Bertz CT molecular complexity index is 991. The Hall–Kier alpha value is -2.87. The van der Waals surface area contributed by atoms with Crippen LogP contribution >= 0.6 is 11.6 Å². The number of halogens is 1. The standard InChI is InChI=1S/C23H23ClN2O5/c24-17-5-3-16(4-6-17)21-20(19(27)8-7-18-2-1-13-31-18)22(28)23(29)26(21)10-9-25-11-14-30-15-12-25/h1-8,13,21,28H,9-12,14-15H2. The van der Waals surface area contributed by atoms with E-state index in [0.29, 0.717) is 42.6 Å². The summed E-state index contributed by atoms with van der Waals surface area (Å²) in [6, 6.07) is 9.68. The summed E-state index contributed by atoms with van der Waals surface area (Å²) in [5.41, 5.74) is 0.760. The SMILES string of the molecule is O=C(C=Cc1ccco1)C1=C(O)C(=O)N(CCN2CCOCC2)C1c1ccc(Cl)cc1. The van der Waals surface area contributed by atoms with Gasteiger partial charge >= 0.3 is 0 Å². The number of rotatable bonds is 7. The van der Waals surface area contributed by atoms with E-state index in [1.807, 2.05) is 0 Å². The lowest BCUT2D eigenvalue weighted by Crippen LogP contribution is -2.43. The van der Waals surface area contributed by atoms with Crippen LogP contribution in [0, 0.1) is 0 Å². The molecular weight excluding hydrogens is 420 g/mol. The molecule has 2 aliphatic rings. The summed E-state index contributed by atoms with van der Waals surface area (Å²) in [5.74, 6) is -1.01. The van der Waals surface area contributed by atoms with E-state index in [9.17, 15) is 14.7 Å². The number of ketones is 1. The van der Waals surface area contributed by atoms with Crippen molar-refractivity contribution in [2.24, 2.45) is 0 Å². The molecule has 1 aromatic carbocycles. The largest absolute Gasteiger partial charge is 0.503 e. The lowest BCUT2D eigenvalue weighted by Gasteiger charge is -2.31. The normalized spacial score (nSPS) is 20.2. The van der Waals surface area contributed by atoms with E-state index < -0.39 is 23.5 Å². The lowest BCUT2D eigenvalue weighted by molar-refractivity contribution is -0.129. The number of hydrogen-bond acceptors (Lipinski definition) is 6. The highest BCUT2D eigenvalue weighted by atomic mass is 35.5. The summed E-state index contributed by atoms with van der Waals surface area (Å²) in [6.45, 7) is 3.86. The van der Waals surface area contributed by atoms with Crippen LogP contribution in [0.3, 0.4) is 0 Å². The molecular formula is C23H23ClN2O5. The minimum absolute atomic E-state index is 0.0529. The summed E-state index contributed by atoms with van der Waals surface area (Å²) in [6.07, 6.45) is 4.33. The Balaban J connectivity index is 1.61. The molecule has 0 spiro atoms. The number of carbonyl (C=O) groups is 2. The molecule has 162 valence electrons. The van der Waals surface area contributed by atoms with E-state index in [1.165, 1.54) is 18.4 Å². The molecule has 0 aliphatic carbocycles. The lowest BCUT2D eigenvalue weighted by atomic mass is 9.96. The summed E-state index contributed by atoms with van der Waals surface area (Å²) < 4.78 is 10.6. The van der Waals surface area contributed by atoms with Gasteiger partial charge in [-0.2, -0.15) is 0 Å². The van der Waals surface area contributed by atoms with Crippen LogP contribution in [-0.2, 0) is 14.3 Å². The zero-order chi connectivity index (χ0) is 21.8. The van der Waals surface area contributed by atoms with Crippen LogP contribution in [0.15, 0.2) is 64.5 Å². The first-order valence-electron chi connectivity index (χ1n) is 10.1. The molecule has 1 atom stereocenters. The Labute approximate surface area is 185 Å². The molecule has 8 heteroatoms. The number of benzene rings is 1. The smallest absolute Gasteiger partial charge is 0.290 e. The highest BCUT2D eigenvalue weighted by Gasteiger charge is 2.42. The Kier molecular flexibility index (Phi) is 6.56. The number of allylic oxidation sites excluding steroid dienone is 1. The quantitative estimate of drug-likeness (QED) is 0.663. The van der Waals surface area contributed by atoms with E-state index in [0.717, 1.165) is 13.1 Å². The predicted octanol–water partition coefficient (Wildman–Crippen LogP) is 3.24. The van der Waals surface area contributed by atoms with Gasteiger partial charge in [-0.25, -0.2) is 0 Å². The Morgan fingerprint density at radius 2 is 1.90 bits per heavy atom.